The summed E-state index contributed by atoms with van der Waals surface area (Å²) in [5, 5.41) is 7.01. The van der Waals surface area contributed by atoms with Gasteiger partial charge < -0.3 is 20.3 Å². The van der Waals surface area contributed by atoms with Crippen molar-refractivity contribution in [3.8, 4) is 5.75 Å². The van der Waals surface area contributed by atoms with Crippen LogP contribution in [0, 0.1) is 0 Å². The van der Waals surface area contributed by atoms with Crippen LogP contribution in [0.25, 0.3) is 0 Å². The largest absolute Gasteiger partial charge is 0.496 e. The molecule has 2 atom stereocenters. The predicted molar refractivity (Wildman–Crippen MR) is 133 cm³/mol. The number of guanidine groups is 1. The van der Waals surface area contributed by atoms with Crippen molar-refractivity contribution in [3.63, 3.8) is 0 Å². The molecule has 2 unspecified atom stereocenters. The zero-order valence-corrected chi connectivity index (χ0v) is 19.9. The fourth-order valence-corrected chi connectivity index (χ4v) is 3.66. The van der Waals surface area contributed by atoms with Crippen molar-refractivity contribution in [1.29, 1.82) is 0 Å². The first kappa shape index (κ1) is 23.3. The number of hydrogen-bond acceptors (Lipinski definition) is 3. The zero-order chi connectivity index (χ0) is 19.8. The minimum absolute atomic E-state index is 0. The lowest BCUT2D eigenvalue weighted by atomic mass is 10.0. The van der Waals surface area contributed by atoms with Gasteiger partial charge in [-0.05, 0) is 37.1 Å². The molecule has 0 aliphatic carbocycles. The Labute approximate surface area is 192 Å². The molecule has 1 aliphatic rings. The van der Waals surface area contributed by atoms with E-state index in [1.807, 2.05) is 12.1 Å². The molecule has 6 heteroatoms. The molecule has 1 fully saturated rings. The molecule has 0 saturated carbocycles. The third-order valence-electron chi connectivity index (χ3n) is 5.19. The first-order valence-electron chi connectivity index (χ1n) is 10.2. The van der Waals surface area contributed by atoms with Gasteiger partial charge in [0.2, 0.25) is 0 Å². The number of methoxy groups -OCH3 is 1. The molecule has 3 rings (SSSR count). The molecule has 2 N–H and O–H groups in total. The molecule has 0 amide bonds. The van der Waals surface area contributed by atoms with Gasteiger partial charge in [-0.3, -0.25) is 4.99 Å². The molecule has 158 valence electrons. The molecule has 1 saturated heterocycles. The van der Waals surface area contributed by atoms with Crippen LogP contribution in [0.4, 0.5) is 5.69 Å². The number of halogens is 1. The number of benzene rings is 2. The number of nitrogens with one attached hydrogen (secondary N) is 2. The molecule has 0 radical (unpaired) electrons. The summed E-state index contributed by atoms with van der Waals surface area (Å²) in [6.07, 6.45) is 1.11. The number of para-hydroxylation sites is 2. The Morgan fingerprint density at radius 1 is 1.17 bits per heavy atom. The van der Waals surface area contributed by atoms with Gasteiger partial charge in [0.25, 0.3) is 0 Å². The average Bonchev–Trinajstić information content (AvgIpc) is 3.21. The minimum Gasteiger partial charge on any atom is -0.496 e. The summed E-state index contributed by atoms with van der Waals surface area (Å²) in [7, 11) is 1.72. The van der Waals surface area contributed by atoms with E-state index in [1.165, 1.54) is 11.3 Å². The smallest absolute Gasteiger partial charge is 0.191 e. The van der Waals surface area contributed by atoms with E-state index in [9.17, 15) is 0 Å². The lowest BCUT2D eigenvalue weighted by molar-refractivity contribution is 0.406. The van der Waals surface area contributed by atoms with Crippen LogP contribution in [0.3, 0.4) is 0 Å². The summed E-state index contributed by atoms with van der Waals surface area (Å²) in [4.78, 5) is 7.28. The van der Waals surface area contributed by atoms with E-state index in [0.717, 1.165) is 37.8 Å². The maximum absolute atomic E-state index is 5.50. The quantitative estimate of drug-likeness (QED) is 0.334. The number of nitrogens with zero attached hydrogens (tertiary/aromatic N) is 2. The Morgan fingerprint density at radius 2 is 1.90 bits per heavy atom. The number of anilines is 1. The van der Waals surface area contributed by atoms with E-state index in [1.54, 1.807) is 7.11 Å². The van der Waals surface area contributed by atoms with Crippen LogP contribution >= 0.6 is 24.0 Å². The van der Waals surface area contributed by atoms with Gasteiger partial charge in [-0.2, -0.15) is 0 Å². The van der Waals surface area contributed by atoms with Gasteiger partial charge in [0.1, 0.15) is 5.75 Å². The zero-order valence-electron chi connectivity index (χ0n) is 17.6. The van der Waals surface area contributed by atoms with E-state index in [4.69, 9.17) is 9.73 Å². The van der Waals surface area contributed by atoms with Gasteiger partial charge in [-0.15, -0.1) is 24.0 Å². The molecule has 1 aliphatic heterocycles. The standard InChI is InChI=1S/C23H32N4O.HI/c1-4-24-23(25-16-18(2)21-12-8-9-13-22(21)28-3)26-19-14-15-27(17-19)20-10-6-5-7-11-20;/h5-13,18-19H,4,14-17H2,1-3H3,(H2,24,25,26);1H. The van der Waals surface area contributed by atoms with Crippen molar-refractivity contribution in [3.05, 3.63) is 60.2 Å². The van der Waals surface area contributed by atoms with Gasteiger partial charge in [-0.25, -0.2) is 0 Å². The monoisotopic (exact) mass is 508 g/mol. The second-order valence-electron chi connectivity index (χ2n) is 7.27. The SMILES string of the molecule is CCNC(=NCC(C)c1ccccc1OC)NC1CCN(c2ccccc2)C1.I. The molecule has 2 aromatic carbocycles. The molecule has 0 aromatic heterocycles. The van der Waals surface area contributed by atoms with E-state index >= 15 is 0 Å². The fourth-order valence-electron chi connectivity index (χ4n) is 3.66. The van der Waals surface area contributed by atoms with E-state index in [0.29, 0.717) is 12.6 Å². The third kappa shape index (κ3) is 6.52. The topological polar surface area (TPSA) is 48.9 Å². The Balaban J connectivity index is 0.00000300. The van der Waals surface area contributed by atoms with Gasteiger partial charge in [0.15, 0.2) is 5.96 Å². The molecule has 5 nitrogen and oxygen atoms in total. The summed E-state index contributed by atoms with van der Waals surface area (Å²) in [6.45, 7) is 7.92. The van der Waals surface area contributed by atoms with Crippen LogP contribution in [-0.4, -0.2) is 45.3 Å². The van der Waals surface area contributed by atoms with Crippen molar-refractivity contribution in [2.24, 2.45) is 4.99 Å². The summed E-state index contributed by atoms with van der Waals surface area (Å²) in [6, 6.07) is 19.2. The Hall–Kier alpha value is -1.96. The highest BCUT2D eigenvalue weighted by atomic mass is 127. The van der Waals surface area contributed by atoms with Gasteiger partial charge in [-0.1, -0.05) is 43.3 Å². The van der Waals surface area contributed by atoms with E-state index < -0.39 is 0 Å². The van der Waals surface area contributed by atoms with Gasteiger partial charge in [0, 0.05) is 43.8 Å². The predicted octanol–water partition coefficient (Wildman–Crippen LogP) is 4.25. The first-order valence-corrected chi connectivity index (χ1v) is 10.2. The van der Waals surface area contributed by atoms with Crippen LogP contribution in [0.15, 0.2) is 59.6 Å². The summed E-state index contributed by atoms with van der Waals surface area (Å²) >= 11 is 0. The fraction of sp³-hybridized carbons (Fsp3) is 0.435. The molecule has 1 heterocycles. The Bertz CT molecular complexity index is 768. The number of aliphatic imine (C=N–C) groups is 1. The molecule has 0 spiro atoms. The normalized spacial score (nSPS) is 17.4. The first-order chi connectivity index (χ1) is 13.7. The maximum atomic E-state index is 5.50. The van der Waals surface area contributed by atoms with Crippen molar-refractivity contribution in [2.75, 3.05) is 38.2 Å². The highest BCUT2D eigenvalue weighted by molar-refractivity contribution is 14.0. The summed E-state index contributed by atoms with van der Waals surface area (Å²) < 4.78 is 5.50. The second kappa shape index (κ2) is 11.9. The summed E-state index contributed by atoms with van der Waals surface area (Å²) in [5.74, 6) is 2.11. The second-order valence-corrected chi connectivity index (χ2v) is 7.27. The van der Waals surface area contributed by atoms with Crippen LogP contribution in [0.5, 0.6) is 5.75 Å². The van der Waals surface area contributed by atoms with Crippen molar-refractivity contribution in [2.45, 2.75) is 32.2 Å². The van der Waals surface area contributed by atoms with Crippen LogP contribution in [0.1, 0.15) is 31.7 Å². The van der Waals surface area contributed by atoms with Crippen LogP contribution in [0.2, 0.25) is 0 Å². The van der Waals surface area contributed by atoms with Crippen LogP contribution < -0.4 is 20.3 Å². The molecular formula is C23H33IN4O. The van der Waals surface area contributed by atoms with E-state index in [2.05, 4.69) is 71.8 Å². The molecule has 29 heavy (non-hydrogen) atoms. The average molecular weight is 508 g/mol. The highest BCUT2D eigenvalue weighted by Gasteiger charge is 2.23. The van der Waals surface area contributed by atoms with Gasteiger partial charge in [0.05, 0.1) is 7.11 Å². The van der Waals surface area contributed by atoms with E-state index in [-0.39, 0.29) is 29.9 Å². The number of rotatable bonds is 7. The third-order valence-corrected chi connectivity index (χ3v) is 5.19. The van der Waals surface area contributed by atoms with Crippen LogP contribution in [-0.2, 0) is 0 Å². The number of ether oxygens (including phenoxy) is 1. The molecular weight excluding hydrogens is 475 g/mol. The summed E-state index contributed by atoms with van der Waals surface area (Å²) in [5.41, 5.74) is 2.49. The van der Waals surface area contributed by atoms with Crippen molar-refractivity contribution < 1.29 is 4.74 Å². The highest BCUT2D eigenvalue weighted by Crippen LogP contribution is 2.26. The lowest BCUT2D eigenvalue weighted by Gasteiger charge is -2.21. The Morgan fingerprint density at radius 3 is 2.62 bits per heavy atom. The van der Waals surface area contributed by atoms with Crippen molar-refractivity contribution in [1.82, 2.24) is 10.6 Å². The molecule has 0 bridgehead atoms. The molecule has 2 aromatic rings. The number of hydrogen-bond donors (Lipinski definition) is 2. The van der Waals surface area contributed by atoms with Gasteiger partial charge >= 0.3 is 0 Å². The lowest BCUT2D eigenvalue weighted by Crippen LogP contribution is -2.44. The minimum atomic E-state index is 0. The Kier molecular flexibility index (Phi) is 9.57. The van der Waals surface area contributed by atoms with Crippen molar-refractivity contribution >= 4 is 35.6 Å². The maximum Gasteiger partial charge on any atom is 0.191 e.